The molecule has 1 aromatic heterocycles. The fraction of sp³-hybridized carbons (Fsp3) is 0.714. The van der Waals surface area contributed by atoms with Gasteiger partial charge in [0.15, 0.2) is 0 Å². The van der Waals surface area contributed by atoms with E-state index in [4.69, 9.17) is 0 Å². The Morgan fingerprint density at radius 1 is 1.58 bits per heavy atom. The quantitative estimate of drug-likeness (QED) is 0.699. The topological polar surface area (TPSA) is 69.8 Å². The summed E-state index contributed by atoms with van der Waals surface area (Å²) in [7, 11) is 0. The fourth-order valence-electron chi connectivity index (χ4n) is 2.63. The number of hydrogen-bond acceptors (Lipinski definition) is 3. The summed E-state index contributed by atoms with van der Waals surface area (Å²) in [4.78, 5) is 12.0. The van der Waals surface area contributed by atoms with Crippen LogP contribution >= 0.6 is 0 Å². The highest BCUT2D eigenvalue weighted by Crippen LogP contribution is 2.16. The van der Waals surface area contributed by atoms with Crippen LogP contribution in [0.3, 0.4) is 0 Å². The van der Waals surface area contributed by atoms with Gasteiger partial charge >= 0.3 is 0 Å². The van der Waals surface area contributed by atoms with Crippen LogP contribution in [0.1, 0.15) is 37.4 Å². The molecule has 1 aliphatic rings. The Morgan fingerprint density at radius 3 is 3.11 bits per heavy atom. The molecule has 0 bridgehead atoms. The van der Waals surface area contributed by atoms with Crippen LogP contribution in [0.25, 0.3) is 0 Å². The number of carbonyl (C=O) groups is 1. The molecule has 0 radical (unpaired) electrons. The lowest BCUT2D eigenvalue weighted by molar-refractivity contribution is -0.126. The van der Waals surface area contributed by atoms with Crippen LogP contribution in [-0.2, 0) is 11.2 Å². The van der Waals surface area contributed by atoms with E-state index in [-0.39, 0.29) is 11.8 Å². The van der Waals surface area contributed by atoms with Gasteiger partial charge in [-0.15, -0.1) is 0 Å². The molecule has 0 saturated carbocycles. The highest BCUT2D eigenvalue weighted by atomic mass is 16.1. The first kappa shape index (κ1) is 14.1. The first-order valence-corrected chi connectivity index (χ1v) is 7.16. The molecule has 0 spiro atoms. The van der Waals surface area contributed by atoms with Crippen molar-refractivity contribution in [1.82, 2.24) is 20.8 Å². The molecule has 1 fully saturated rings. The highest BCUT2D eigenvalue weighted by Gasteiger charge is 2.24. The third-order valence-electron chi connectivity index (χ3n) is 3.85. The van der Waals surface area contributed by atoms with Crippen LogP contribution in [0, 0.1) is 12.8 Å². The maximum absolute atomic E-state index is 12.0. The summed E-state index contributed by atoms with van der Waals surface area (Å²) in [5.41, 5.74) is 2.36. The van der Waals surface area contributed by atoms with E-state index < -0.39 is 0 Å². The van der Waals surface area contributed by atoms with Crippen LogP contribution in [-0.4, -0.2) is 35.2 Å². The zero-order valence-corrected chi connectivity index (χ0v) is 11.8. The minimum Gasteiger partial charge on any atom is -0.356 e. The molecule has 1 aromatic rings. The number of aromatic nitrogens is 2. The van der Waals surface area contributed by atoms with E-state index >= 15 is 0 Å². The Balaban J connectivity index is 1.65. The molecule has 2 rings (SSSR count). The maximum atomic E-state index is 12.0. The molecule has 106 valence electrons. The standard InChI is InChI=1S/C14H24N4O/c1-10-8-12(5-7-15-10)14(19)16-6-3-4-13-9-17-18-11(13)2/h9-10,12,15H,3-8H2,1-2H3,(H,16,19)(H,17,18). The summed E-state index contributed by atoms with van der Waals surface area (Å²) in [6, 6.07) is 0.457. The molecule has 2 atom stereocenters. The largest absolute Gasteiger partial charge is 0.356 e. The van der Waals surface area contributed by atoms with Crippen molar-refractivity contribution < 1.29 is 4.79 Å². The minimum atomic E-state index is 0.187. The van der Waals surface area contributed by atoms with Crippen molar-refractivity contribution in [1.29, 1.82) is 0 Å². The molecular formula is C14H24N4O. The third-order valence-corrected chi connectivity index (χ3v) is 3.85. The molecule has 1 saturated heterocycles. The van der Waals surface area contributed by atoms with Gasteiger partial charge in [-0.1, -0.05) is 0 Å². The normalized spacial score (nSPS) is 23.3. The average molecular weight is 264 g/mol. The van der Waals surface area contributed by atoms with Crippen LogP contribution in [0.5, 0.6) is 0 Å². The number of nitrogens with one attached hydrogen (secondary N) is 3. The van der Waals surface area contributed by atoms with Crippen molar-refractivity contribution in [3.8, 4) is 0 Å². The first-order chi connectivity index (χ1) is 9.16. The second kappa shape index (κ2) is 6.70. The number of aromatic amines is 1. The number of nitrogens with zero attached hydrogens (tertiary/aromatic N) is 1. The van der Waals surface area contributed by atoms with E-state index in [9.17, 15) is 4.79 Å². The van der Waals surface area contributed by atoms with Crippen LogP contribution in [0.4, 0.5) is 0 Å². The zero-order chi connectivity index (χ0) is 13.7. The number of aryl methyl sites for hydroxylation is 2. The molecule has 5 nitrogen and oxygen atoms in total. The zero-order valence-electron chi connectivity index (χ0n) is 11.8. The first-order valence-electron chi connectivity index (χ1n) is 7.16. The predicted molar refractivity (Wildman–Crippen MR) is 74.8 cm³/mol. The summed E-state index contributed by atoms with van der Waals surface area (Å²) in [5.74, 6) is 0.407. The molecule has 19 heavy (non-hydrogen) atoms. The summed E-state index contributed by atoms with van der Waals surface area (Å²) in [6.07, 6.45) is 5.70. The van der Waals surface area contributed by atoms with Gasteiger partial charge in [-0.25, -0.2) is 0 Å². The Labute approximate surface area is 114 Å². The molecular weight excluding hydrogens is 240 g/mol. The molecule has 0 aliphatic carbocycles. The van der Waals surface area contributed by atoms with E-state index in [1.807, 2.05) is 13.1 Å². The SMILES string of the molecule is Cc1[nH]ncc1CCCNC(=O)C1CCNC(C)C1. The van der Waals surface area contributed by atoms with Gasteiger partial charge in [0.1, 0.15) is 0 Å². The van der Waals surface area contributed by atoms with Gasteiger partial charge < -0.3 is 10.6 Å². The number of H-pyrrole nitrogens is 1. The van der Waals surface area contributed by atoms with Gasteiger partial charge in [0.05, 0.1) is 6.20 Å². The Morgan fingerprint density at radius 2 is 2.42 bits per heavy atom. The van der Waals surface area contributed by atoms with E-state index in [0.29, 0.717) is 6.04 Å². The second-order valence-electron chi connectivity index (χ2n) is 5.49. The van der Waals surface area contributed by atoms with E-state index in [1.54, 1.807) is 0 Å². The van der Waals surface area contributed by atoms with Crippen molar-refractivity contribution in [3.05, 3.63) is 17.5 Å². The van der Waals surface area contributed by atoms with Gasteiger partial charge in [-0.05, 0) is 51.6 Å². The predicted octanol–water partition coefficient (Wildman–Crippen LogP) is 1.16. The molecule has 5 heteroatoms. The third kappa shape index (κ3) is 4.06. The van der Waals surface area contributed by atoms with Crippen molar-refractivity contribution in [2.45, 2.75) is 45.6 Å². The minimum absolute atomic E-state index is 0.187. The summed E-state index contributed by atoms with van der Waals surface area (Å²) < 4.78 is 0. The number of hydrogen-bond donors (Lipinski definition) is 3. The van der Waals surface area contributed by atoms with E-state index in [2.05, 4.69) is 27.8 Å². The van der Waals surface area contributed by atoms with E-state index in [1.165, 1.54) is 5.56 Å². The average Bonchev–Trinajstić information content (AvgIpc) is 2.80. The summed E-state index contributed by atoms with van der Waals surface area (Å²) in [5, 5.41) is 13.4. The number of amides is 1. The Hall–Kier alpha value is -1.36. The van der Waals surface area contributed by atoms with Crippen molar-refractivity contribution >= 4 is 5.91 Å². The van der Waals surface area contributed by atoms with Gasteiger partial charge in [0, 0.05) is 24.2 Å². The van der Waals surface area contributed by atoms with Gasteiger partial charge in [-0.3, -0.25) is 9.89 Å². The maximum Gasteiger partial charge on any atom is 0.223 e. The van der Waals surface area contributed by atoms with Crippen LogP contribution in [0.2, 0.25) is 0 Å². The molecule has 1 aliphatic heterocycles. The number of carbonyl (C=O) groups excluding carboxylic acids is 1. The Kier molecular flexibility index (Phi) is 4.96. The lowest BCUT2D eigenvalue weighted by Crippen LogP contribution is -2.42. The second-order valence-corrected chi connectivity index (χ2v) is 5.49. The lowest BCUT2D eigenvalue weighted by Gasteiger charge is -2.27. The van der Waals surface area contributed by atoms with Crippen molar-refractivity contribution in [2.75, 3.05) is 13.1 Å². The van der Waals surface area contributed by atoms with Crippen molar-refractivity contribution in [3.63, 3.8) is 0 Å². The van der Waals surface area contributed by atoms with E-state index in [0.717, 1.165) is 44.5 Å². The van der Waals surface area contributed by atoms with Gasteiger partial charge in [-0.2, -0.15) is 5.10 Å². The highest BCUT2D eigenvalue weighted by molar-refractivity contribution is 5.78. The van der Waals surface area contributed by atoms with Crippen LogP contribution < -0.4 is 10.6 Å². The summed E-state index contributed by atoms with van der Waals surface area (Å²) in [6.45, 7) is 5.87. The van der Waals surface area contributed by atoms with Gasteiger partial charge in [0.2, 0.25) is 5.91 Å². The smallest absolute Gasteiger partial charge is 0.223 e. The Bertz CT molecular complexity index is 415. The lowest BCUT2D eigenvalue weighted by atomic mass is 9.92. The van der Waals surface area contributed by atoms with Crippen LogP contribution in [0.15, 0.2) is 6.20 Å². The number of rotatable bonds is 5. The molecule has 1 amide bonds. The van der Waals surface area contributed by atoms with Gasteiger partial charge in [0.25, 0.3) is 0 Å². The number of piperidine rings is 1. The molecule has 2 heterocycles. The van der Waals surface area contributed by atoms with Crippen molar-refractivity contribution in [2.24, 2.45) is 5.92 Å². The molecule has 2 unspecified atom stereocenters. The fourth-order valence-corrected chi connectivity index (χ4v) is 2.63. The summed E-state index contributed by atoms with van der Waals surface area (Å²) >= 11 is 0. The molecule has 3 N–H and O–H groups in total. The molecule has 0 aromatic carbocycles. The monoisotopic (exact) mass is 264 g/mol.